The molecule has 0 radical (unpaired) electrons. The fourth-order valence-electron chi connectivity index (χ4n) is 2.27. The van der Waals surface area contributed by atoms with Crippen molar-refractivity contribution in [1.82, 2.24) is 4.98 Å². The molecule has 128 valence electrons. The number of anilines is 2. The van der Waals surface area contributed by atoms with Crippen molar-refractivity contribution in [2.24, 2.45) is 0 Å². The van der Waals surface area contributed by atoms with Gasteiger partial charge in [0.2, 0.25) is 5.69 Å². The van der Waals surface area contributed by atoms with E-state index in [9.17, 15) is 10.1 Å². The van der Waals surface area contributed by atoms with Crippen LogP contribution in [0.2, 0.25) is 0 Å². The molecule has 0 fully saturated rings. The van der Waals surface area contributed by atoms with E-state index in [0.29, 0.717) is 18.2 Å². The molecular weight excluding hydrogens is 332 g/mol. The quantitative estimate of drug-likeness (QED) is 0.530. The van der Waals surface area contributed by atoms with Gasteiger partial charge >= 0.3 is 5.69 Å². The molecule has 0 aliphatic carbocycles. The minimum Gasteiger partial charge on any atom is -0.489 e. The average Bonchev–Trinajstić information content (AvgIpc) is 2.68. The minimum absolute atomic E-state index is 0.234. The second kappa shape index (κ2) is 7.77. The molecule has 0 amide bonds. The van der Waals surface area contributed by atoms with Gasteiger partial charge in [-0.15, -0.1) is 0 Å². The molecule has 0 saturated heterocycles. The lowest BCUT2D eigenvalue weighted by atomic mass is 10.2. The number of rotatable bonds is 6. The lowest BCUT2D eigenvalue weighted by Crippen LogP contribution is -1.99. The maximum atomic E-state index is 10.8. The van der Waals surface area contributed by atoms with E-state index in [0.717, 1.165) is 11.3 Å². The first kappa shape index (κ1) is 16.9. The normalized spacial score (nSPS) is 9.96. The Hall–Kier alpha value is -3.92. The second-order valence-corrected chi connectivity index (χ2v) is 5.36. The van der Waals surface area contributed by atoms with E-state index in [2.05, 4.69) is 10.3 Å². The molecular formula is C19H14N4O3. The number of aromatic nitrogens is 1. The van der Waals surface area contributed by atoms with Crippen LogP contribution in [-0.2, 0) is 6.61 Å². The monoisotopic (exact) mass is 346 g/mol. The van der Waals surface area contributed by atoms with Crippen LogP contribution in [0.3, 0.4) is 0 Å². The van der Waals surface area contributed by atoms with Crippen LogP contribution in [0, 0.1) is 21.4 Å². The zero-order valence-corrected chi connectivity index (χ0v) is 13.6. The van der Waals surface area contributed by atoms with Gasteiger partial charge in [-0.3, -0.25) is 10.1 Å². The first-order valence-corrected chi connectivity index (χ1v) is 7.75. The highest BCUT2D eigenvalue weighted by Crippen LogP contribution is 2.23. The van der Waals surface area contributed by atoms with Crippen LogP contribution >= 0.6 is 0 Å². The summed E-state index contributed by atoms with van der Waals surface area (Å²) in [6.45, 7) is 0.475. The summed E-state index contributed by atoms with van der Waals surface area (Å²) in [5.74, 6) is 1.07. The summed E-state index contributed by atoms with van der Waals surface area (Å²) in [5.41, 5.74) is 1.25. The molecule has 1 N–H and O–H groups in total. The van der Waals surface area contributed by atoms with Crippen molar-refractivity contribution in [2.75, 3.05) is 5.32 Å². The Morgan fingerprint density at radius 1 is 1.08 bits per heavy atom. The van der Waals surface area contributed by atoms with E-state index in [-0.39, 0.29) is 11.4 Å². The molecule has 1 aromatic heterocycles. The fourth-order valence-corrected chi connectivity index (χ4v) is 2.27. The highest BCUT2D eigenvalue weighted by atomic mass is 16.6. The minimum atomic E-state index is -0.631. The van der Waals surface area contributed by atoms with E-state index in [1.54, 1.807) is 18.2 Å². The highest BCUT2D eigenvalue weighted by molar-refractivity contribution is 5.60. The second-order valence-electron chi connectivity index (χ2n) is 5.36. The number of pyridine rings is 1. The summed E-state index contributed by atoms with van der Waals surface area (Å²) in [6.07, 6.45) is 0. The molecule has 0 spiro atoms. The van der Waals surface area contributed by atoms with Crippen LogP contribution in [0.4, 0.5) is 17.2 Å². The van der Waals surface area contributed by atoms with E-state index in [1.165, 1.54) is 12.1 Å². The third-order valence-corrected chi connectivity index (χ3v) is 3.55. The molecule has 0 atom stereocenters. The number of hydrogen-bond acceptors (Lipinski definition) is 6. The Morgan fingerprint density at radius 3 is 2.46 bits per heavy atom. The molecule has 3 rings (SSSR count). The number of benzene rings is 2. The van der Waals surface area contributed by atoms with Gasteiger partial charge in [0.15, 0.2) is 0 Å². The standard InChI is InChI=1S/C19H14N4O3/c20-12-17-18(23(24)25)10-11-19(22-17)21-15-6-8-16(9-7-15)26-13-14-4-2-1-3-5-14/h1-11H,13H2,(H,21,22). The van der Waals surface area contributed by atoms with E-state index < -0.39 is 4.92 Å². The molecule has 1 heterocycles. The number of ether oxygens (including phenoxy) is 1. The van der Waals surface area contributed by atoms with Crippen LogP contribution in [-0.4, -0.2) is 9.91 Å². The average molecular weight is 346 g/mol. The first-order valence-electron chi connectivity index (χ1n) is 7.75. The third kappa shape index (κ3) is 4.13. The summed E-state index contributed by atoms with van der Waals surface area (Å²) >= 11 is 0. The number of nitrogens with zero attached hydrogens (tertiary/aromatic N) is 3. The molecule has 0 unspecified atom stereocenters. The van der Waals surface area contributed by atoms with Crippen molar-refractivity contribution >= 4 is 17.2 Å². The summed E-state index contributed by atoms with van der Waals surface area (Å²) in [4.78, 5) is 14.2. The molecule has 7 nitrogen and oxygen atoms in total. The molecule has 2 aromatic carbocycles. The van der Waals surface area contributed by atoms with Crippen LogP contribution < -0.4 is 10.1 Å². The molecule has 0 aliphatic heterocycles. The van der Waals surface area contributed by atoms with Gasteiger partial charge in [0.25, 0.3) is 0 Å². The number of hydrogen-bond donors (Lipinski definition) is 1. The smallest absolute Gasteiger partial charge is 0.305 e. The van der Waals surface area contributed by atoms with Crippen molar-refractivity contribution in [3.63, 3.8) is 0 Å². The molecule has 7 heteroatoms. The Balaban J connectivity index is 1.66. The summed E-state index contributed by atoms with van der Waals surface area (Å²) in [6, 6.07) is 21.5. The van der Waals surface area contributed by atoms with Gasteiger partial charge in [-0.25, -0.2) is 4.98 Å². The van der Waals surface area contributed by atoms with Crippen molar-refractivity contribution in [3.8, 4) is 11.8 Å². The Bertz CT molecular complexity index is 951. The van der Waals surface area contributed by atoms with Crippen LogP contribution in [0.5, 0.6) is 5.75 Å². The van der Waals surface area contributed by atoms with E-state index >= 15 is 0 Å². The van der Waals surface area contributed by atoms with E-state index in [1.807, 2.05) is 42.5 Å². The van der Waals surface area contributed by atoms with Gasteiger partial charge in [0.05, 0.1) is 4.92 Å². The van der Waals surface area contributed by atoms with Crippen molar-refractivity contribution in [2.45, 2.75) is 6.61 Å². The summed E-state index contributed by atoms with van der Waals surface area (Å²) in [7, 11) is 0. The van der Waals surface area contributed by atoms with Gasteiger partial charge in [0.1, 0.15) is 24.2 Å². The topological polar surface area (TPSA) is 101 Å². The lowest BCUT2D eigenvalue weighted by molar-refractivity contribution is -0.385. The number of nitro groups is 1. The van der Waals surface area contributed by atoms with Crippen molar-refractivity contribution in [1.29, 1.82) is 5.26 Å². The molecule has 3 aromatic rings. The lowest BCUT2D eigenvalue weighted by Gasteiger charge is -2.09. The van der Waals surface area contributed by atoms with Gasteiger partial charge in [0, 0.05) is 11.8 Å². The summed E-state index contributed by atoms with van der Waals surface area (Å²) in [5, 5.41) is 22.8. The van der Waals surface area contributed by atoms with Crippen LogP contribution in [0.1, 0.15) is 11.3 Å². The third-order valence-electron chi connectivity index (χ3n) is 3.55. The fraction of sp³-hybridized carbons (Fsp3) is 0.0526. The largest absolute Gasteiger partial charge is 0.489 e. The predicted octanol–water partition coefficient (Wildman–Crippen LogP) is 4.18. The maximum Gasteiger partial charge on any atom is 0.305 e. The van der Waals surface area contributed by atoms with Gasteiger partial charge in [-0.1, -0.05) is 30.3 Å². The molecule has 0 saturated carbocycles. The summed E-state index contributed by atoms with van der Waals surface area (Å²) < 4.78 is 5.71. The van der Waals surface area contributed by atoms with Gasteiger partial charge < -0.3 is 10.1 Å². The first-order chi connectivity index (χ1) is 12.7. The zero-order valence-electron chi connectivity index (χ0n) is 13.6. The maximum absolute atomic E-state index is 10.8. The highest BCUT2D eigenvalue weighted by Gasteiger charge is 2.15. The molecule has 26 heavy (non-hydrogen) atoms. The molecule has 0 bridgehead atoms. The number of nitrogens with one attached hydrogen (secondary N) is 1. The zero-order chi connectivity index (χ0) is 18.4. The molecule has 0 aliphatic rings. The van der Waals surface area contributed by atoms with Crippen LogP contribution in [0.25, 0.3) is 0 Å². The van der Waals surface area contributed by atoms with Crippen LogP contribution in [0.15, 0.2) is 66.7 Å². The number of nitriles is 1. The SMILES string of the molecule is N#Cc1nc(Nc2ccc(OCc3ccccc3)cc2)ccc1[N+](=O)[O-]. The van der Waals surface area contributed by atoms with E-state index in [4.69, 9.17) is 10.00 Å². The van der Waals surface area contributed by atoms with Crippen molar-refractivity contribution < 1.29 is 9.66 Å². The Kier molecular flexibility index (Phi) is 5.05. The predicted molar refractivity (Wildman–Crippen MR) is 96.1 cm³/mol. The van der Waals surface area contributed by atoms with Gasteiger partial charge in [-0.2, -0.15) is 5.26 Å². The van der Waals surface area contributed by atoms with Crippen molar-refractivity contribution in [3.05, 3.63) is 88.1 Å². The van der Waals surface area contributed by atoms with Gasteiger partial charge in [-0.05, 0) is 35.9 Å². The Labute approximate surface area is 149 Å². The Morgan fingerprint density at radius 2 is 1.81 bits per heavy atom.